The van der Waals surface area contributed by atoms with Crippen LogP contribution < -0.4 is 5.73 Å². The minimum absolute atomic E-state index is 0.386. The van der Waals surface area contributed by atoms with Gasteiger partial charge in [-0.1, -0.05) is 5.16 Å². The van der Waals surface area contributed by atoms with Crippen molar-refractivity contribution in [3.63, 3.8) is 0 Å². The summed E-state index contributed by atoms with van der Waals surface area (Å²) in [7, 11) is 0. The monoisotopic (exact) mass is 265 g/mol. The van der Waals surface area contributed by atoms with Gasteiger partial charge in [0.05, 0.1) is 16.8 Å². The summed E-state index contributed by atoms with van der Waals surface area (Å²) >= 11 is 2.70. The Morgan fingerprint density at radius 2 is 2.29 bits per heavy atom. The summed E-state index contributed by atoms with van der Waals surface area (Å²) in [6.45, 7) is 1.86. The minimum Gasteiger partial charge on any atom is -0.389 e. The molecular formula is C9H7N5OS2. The molecule has 0 saturated carbocycles. The second kappa shape index (κ2) is 3.90. The maximum Gasteiger partial charge on any atom is 0.263 e. The van der Waals surface area contributed by atoms with E-state index in [0.29, 0.717) is 28.0 Å². The molecule has 0 unspecified atom stereocenters. The van der Waals surface area contributed by atoms with Gasteiger partial charge in [-0.25, -0.2) is 4.98 Å². The summed E-state index contributed by atoms with van der Waals surface area (Å²) in [5, 5.41) is 6.31. The SMILES string of the molecule is Cc1nsc(N)c1-c1nc(-c2cscn2)no1. The molecule has 0 spiro atoms. The van der Waals surface area contributed by atoms with Crippen LogP contribution in [0.25, 0.3) is 23.0 Å². The highest BCUT2D eigenvalue weighted by atomic mass is 32.1. The van der Waals surface area contributed by atoms with Crippen molar-refractivity contribution < 1.29 is 4.52 Å². The Balaban J connectivity index is 2.07. The molecule has 0 atom stereocenters. The zero-order chi connectivity index (χ0) is 11.8. The molecule has 8 heteroatoms. The molecular weight excluding hydrogens is 258 g/mol. The molecule has 0 aromatic carbocycles. The van der Waals surface area contributed by atoms with Gasteiger partial charge >= 0.3 is 0 Å². The third-order valence-corrected chi connectivity index (χ3v) is 3.54. The molecule has 0 fully saturated rings. The number of thiazole rings is 1. The summed E-state index contributed by atoms with van der Waals surface area (Å²) in [5.41, 5.74) is 9.74. The first-order valence-corrected chi connectivity index (χ1v) is 6.41. The van der Waals surface area contributed by atoms with Crippen LogP contribution in [-0.2, 0) is 0 Å². The van der Waals surface area contributed by atoms with Crippen LogP contribution in [-0.4, -0.2) is 19.5 Å². The first kappa shape index (κ1) is 10.4. The number of aryl methyl sites for hydroxylation is 1. The van der Waals surface area contributed by atoms with E-state index in [1.54, 1.807) is 5.51 Å². The van der Waals surface area contributed by atoms with E-state index >= 15 is 0 Å². The van der Waals surface area contributed by atoms with Crippen molar-refractivity contribution in [2.24, 2.45) is 0 Å². The number of aromatic nitrogens is 4. The quantitative estimate of drug-likeness (QED) is 0.763. The van der Waals surface area contributed by atoms with Crippen LogP contribution >= 0.6 is 22.9 Å². The van der Waals surface area contributed by atoms with E-state index in [4.69, 9.17) is 10.3 Å². The van der Waals surface area contributed by atoms with Crippen LogP contribution in [0.5, 0.6) is 0 Å². The van der Waals surface area contributed by atoms with E-state index in [2.05, 4.69) is 19.5 Å². The fourth-order valence-corrected chi connectivity index (χ4v) is 2.58. The van der Waals surface area contributed by atoms with E-state index in [-0.39, 0.29) is 0 Å². The molecule has 6 nitrogen and oxygen atoms in total. The molecule has 0 aliphatic heterocycles. The fourth-order valence-electron chi connectivity index (χ4n) is 1.40. The molecule has 17 heavy (non-hydrogen) atoms. The Kier molecular flexibility index (Phi) is 2.37. The van der Waals surface area contributed by atoms with Crippen molar-refractivity contribution in [2.45, 2.75) is 6.92 Å². The predicted molar refractivity (Wildman–Crippen MR) is 65.7 cm³/mol. The molecule has 86 valence electrons. The molecule has 0 amide bonds. The van der Waals surface area contributed by atoms with Gasteiger partial charge in [-0.05, 0) is 18.5 Å². The van der Waals surface area contributed by atoms with E-state index in [0.717, 1.165) is 5.69 Å². The zero-order valence-electron chi connectivity index (χ0n) is 8.75. The normalized spacial score (nSPS) is 10.9. The van der Waals surface area contributed by atoms with E-state index < -0.39 is 0 Å². The Morgan fingerprint density at radius 3 is 2.94 bits per heavy atom. The lowest BCUT2D eigenvalue weighted by Gasteiger charge is -1.91. The maximum atomic E-state index is 5.82. The van der Waals surface area contributed by atoms with Gasteiger partial charge in [0.25, 0.3) is 5.89 Å². The van der Waals surface area contributed by atoms with E-state index in [1.807, 2.05) is 12.3 Å². The lowest BCUT2D eigenvalue weighted by atomic mass is 10.2. The Bertz CT molecular complexity index is 623. The van der Waals surface area contributed by atoms with E-state index in [1.165, 1.54) is 22.9 Å². The van der Waals surface area contributed by atoms with E-state index in [9.17, 15) is 0 Å². The highest BCUT2D eigenvalue weighted by molar-refractivity contribution is 7.10. The van der Waals surface area contributed by atoms with Crippen LogP contribution in [0.3, 0.4) is 0 Å². The number of nitrogen functional groups attached to an aromatic ring is 1. The summed E-state index contributed by atoms with van der Waals surface area (Å²) < 4.78 is 9.32. The maximum absolute atomic E-state index is 5.82. The molecule has 3 aromatic heterocycles. The number of rotatable bonds is 2. The number of hydrogen-bond donors (Lipinski definition) is 1. The third kappa shape index (κ3) is 1.71. The van der Waals surface area contributed by atoms with Gasteiger partial charge < -0.3 is 10.3 Å². The molecule has 3 rings (SSSR count). The van der Waals surface area contributed by atoms with Crippen molar-refractivity contribution in [3.05, 3.63) is 16.6 Å². The largest absolute Gasteiger partial charge is 0.389 e. The van der Waals surface area contributed by atoms with Crippen LogP contribution in [0.15, 0.2) is 15.4 Å². The smallest absolute Gasteiger partial charge is 0.263 e. The standard InChI is InChI=1S/C9H7N5OS2/c1-4-6(7(10)17-14-4)9-12-8(13-15-9)5-2-16-3-11-5/h2-3H,10H2,1H3. The van der Waals surface area contributed by atoms with Gasteiger partial charge in [-0.15, -0.1) is 11.3 Å². The number of nitrogens with two attached hydrogens (primary N) is 1. The Morgan fingerprint density at radius 1 is 1.41 bits per heavy atom. The summed E-state index contributed by atoms with van der Waals surface area (Å²) in [6.07, 6.45) is 0. The van der Waals surface area contributed by atoms with Crippen LogP contribution in [0.1, 0.15) is 5.69 Å². The average Bonchev–Trinajstić information content (AvgIpc) is 2.98. The molecule has 0 saturated heterocycles. The van der Waals surface area contributed by atoms with Gasteiger partial charge in [-0.2, -0.15) is 9.36 Å². The van der Waals surface area contributed by atoms with Gasteiger partial charge in [0.15, 0.2) is 0 Å². The minimum atomic E-state index is 0.386. The topological polar surface area (TPSA) is 90.7 Å². The number of hydrogen-bond acceptors (Lipinski definition) is 8. The predicted octanol–water partition coefficient (Wildman–Crippen LogP) is 2.21. The van der Waals surface area contributed by atoms with Gasteiger partial charge in [0.2, 0.25) is 5.82 Å². The van der Waals surface area contributed by atoms with Crippen molar-refractivity contribution in [1.82, 2.24) is 19.5 Å². The van der Waals surface area contributed by atoms with Crippen LogP contribution in [0.4, 0.5) is 5.00 Å². The van der Waals surface area contributed by atoms with Gasteiger partial charge in [0, 0.05) is 5.38 Å². The fraction of sp³-hybridized carbons (Fsp3) is 0.111. The lowest BCUT2D eigenvalue weighted by Crippen LogP contribution is -1.86. The first-order chi connectivity index (χ1) is 8.25. The van der Waals surface area contributed by atoms with Crippen molar-refractivity contribution in [2.75, 3.05) is 5.73 Å². The zero-order valence-corrected chi connectivity index (χ0v) is 10.4. The molecule has 0 bridgehead atoms. The second-order valence-electron chi connectivity index (χ2n) is 3.30. The van der Waals surface area contributed by atoms with Crippen LogP contribution in [0, 0.1) is 6.92 Å². The van der Waals surface area contributed by atoms with Crippen molar-refractivity contribution in [1.29, 1.82) is 0 Å². The number of nitrogens with zero attached hydrogens (tertiary/aromatic N) is 4. The number of anilines is 1. The molecule has 3 aromatic rings. The van der Waals surface area contributed by atoms with Crippen molar-refractivity contribution >= 4 is 27.9 Å². The Labute approximate surface area is 104 Å². The molecule has 0 radical (unpaired) electrons. The molecule has 0 aliphatic rings. The second-order valence-corrected chi connectivity index (χ2v) is 4.83. The lowest BCUT2D eigenvalue weighted by molar-refractivity contribution is 0.432. The summed E-state index contributed by atoms with van der Waals surface area (Å²) in [6, 6.07) is 0. The summed E-state index contributed by atoms with van der Waals surface area (Å²) in [4.78, 5) is 8.39. The van der Waals surface area contributed by atoms with Gasteiger partial charge in [0.1, 0.15) is 10.7 Å². The Hall–Kier alpha value is -1.80. The molecule has 3 heterocycles. The first-order valence-electron chi connectivity index (χ1n) is 4.70. The van der Waals surface area contributed by atoms with Gasteiger partial charge in [-0.3, -0.25) is 0 Å². The van der Waals surface area contributed by atoms with Crippen molar-refractivity contribution in [3.8, 4) is 23.0 Å². The average molecular weight is 265 g/mol. The molecule has 0 aliphatic carbocycles. The molecule has 2 N–H and O–H groups in total. The highest BCUT2D eigenvalue weighted by Crippen LogP contribution is 2.32. The van der Waals surface area contributed by atoms with Crippen LogP contribution in [0.2, 0.25) is 0 Å². The summed E-state index contributed by atoms with van der Waals surface area (Å²) in [5.74, 6) is 0.850. The third-order valence-electron chi connectivity index (χ3n) is 2.19. The highest BCUT2D eigenvalue weighted by Gasteiger charge is 2.18.